The van der Waals surface area contributed by atoms with E-state index in [4.69, 9.17) is 4.74 Å². The van der Waals surface area contributed by atoms with Gasteiger partial charge in [-0.25, -0.2) is 0 Å². The van der Waals surface area contributed by atoms with Gasteiger partial charge in [0.2, 0.25) is 0 Å². The van der Waals surface area contributed by atoms with Crippen LogP contribution < -0.4 is 9.62 Å². The maximum atomic E-state index is 12.1. The maximum absolute atomic E-state index is 12.1. The van der Waals surface area contributed by atoms with Crippen LogP contribution in [0.25, 0.3) is 0 Å². The van der Waals surface area contributed by atoms with Crippen molar-refractivity contribution in [2.75, 3.05) is 18.1 Å². The summed E-state index contributed by atoms with van der Waals surface area (Å²) in [7, 11) is 0. The molecule has 0 spiro atoms. The molecule has 27 heavy (non-hydrogen) atoms. The standard InChI is InChI=1S/C22H28N2O2S/c1-4-24-16(3)13-18-14-17(11-12-21(18)24)20(15-22(25)26-5-2)23-27-19-9-7-6-8-10-19/h6-12,14,16,20,23H,4-5,13,15H2,1-3H3/t16?,20-/m0/s1. The Morgan fingerprint density at radius 3 is 2.74 bits per heavy atom. The van der Waals surface area contributed by atoms with Crippen LogP contribution >= 0.6 is 11.9 Å². The third-order valence-corrected chi connectivity index (χ3v) is 5.85. The zero-order valence-electron chi connectivity index (χ0n) is 16.3. The number of carbonyl (C=O) groups is 1. The lowest BCUT2D eigenvalue weighted by Crippen LogP contribution is -2.28. The molecule has 1 unspecified atom stereocenters. The first-order valence-electron chi connectivity index (χ1n) is 9.64. The van der Waals surface area contributed by atoms with Crippen molar-refractivity contribution in [3.63, 3.8) is 0 Å². The van der Waals surface area contributed by atoms with E-state index in [0.717, 1.165) is 23.4 Å². The fourth-order valence-corrected chi connectivity index (χ4v) is 4.45. The van der Waals surface area contributed by atoms with Crippen LogP contribution in [-0.2, 0) is 16.0 Å². The summed E-state index contributed by atoms with van der Waals surface area (Å²) in [5, 5.41) is 0. The first-order valence-corrected chi connectivity index (χ1v) is 10.5. The Labute approximate surface area is 166 Å². The normalized spacial score (nSPS) is 16.9. The van der Waals surface area contributed by atoms with Crippen molar-refractivity contribution in [2.45, 2.75) is 50.6 Å². The minimum absolute atomic E-state index is 0.0921. The van der Waals surface area contributed by atoms with E-state index in [2.05, 4.69) is 53.8 Å². The summed E-state index contributed by atoms with van der Waals surface area (Å²) in [6.45, 7) is 7.73. The number of likely N-dealkylation sites (N-methyl/N-ethyl adjacent to an activating group) is 1. The number of hydrogen-bond donors (Lipinski definition) is 1. The van der Waals surface area contributed by atoms with E-state index in [1.54, 1.807) is 11.9 Å². The van der Waals surface area contributed by atoms with E-state index in [9.17, 15) is 4.79 Å². The highest BCUT2D eigenvalue weighted by molar-refractivity contribution is 7.97. The van der Waals surface area contributed by atoms with E-state index in [1.807, 2.05) is 25.1 Å². The monoisotopic (exact) mass is 384 g/mol. The van der Waals surface area contributed by atoms with Gasteiger partial charge >= 0.3 is 5.97 Å². The minimum Gasteiger partial charge on any atom is -0.466 e. The predicted molar refractivity (Wildman–Crippen MR) is 112 cm³/mol. The summed E-state index contributed by atoms with van der Waals surface area (Å²) < 4.78 is 8.67. The molecule has 0 saturated heterocycles. The number of ether oxygens (including phenoxy) is 1. The van der Waals surface area contributed by atoms with Gasteiger partial charge in [-0.15, -0.1) is 0 Å². The molecule has 1 aliphatic rings. The predicted octanol–water partition coefficient (Wildman–Crippen LogP) is 4.75. The summed E-state index contributed by atoms with van der Waals surface area (Å²) in [6, 6.07) is 17.2. The average Bonchev–Trinajstić information content (AvgIpc) is 3.00. The van der Waals surface area contributed by atoms with E-state index >= 15 is 0 Å². The molecule has 2 aromatic carbocycles. The first kappa shape index (κ1) is 19.8. The van der Waals surface area contributed by atoms with Crippen molar-refractivity contribution in [1.82, 2.24) is 4.72 Å². The van der Waals surface area contributed by atoms with E-state index in [-0.39, 0.29) is 12.0 Å². The zero-order chi connectivity index (χ0) is 19.2. The highest BCUT2D eigenvalue weighted by Gasteiger charge is 2.26. The third-order valence-electron chi connectivity index (χ3n) is 4.94. The van der Waals surface area contributed by atoms with Crippen molar-refractivity contribution >= 4 is 23.6 Å². The number of carbonyl (C=O) groups excluding carboxylic acids is 1. The van der Waals surface area contributed by atoms with Gasteiger partial charge in [-0.05, 0) is 68.5 Å². The van der Waals surface area contributed by atoms with Gasteiger partial charge in [-0.2, -0.15) is 0 Å². The first-order chi connectivity index (χ1) is 13.1. The summed E-state index contributed by atoms with van der Waals surface area (Å²) in [5.41, 5.74) is 3.82. The van der Waals surface area contributed by atoms with Gasteiger partial charge in [0.1, 0.15) is 0 Å². The molecule has 4 nitrogen and oxygen atoms in total. The lowest BCUT2D eigenvalue weighted by Gasteiger charge is -2.23. The second kappa shape index (κ2) is 9.29. The van der Waals surface area contributed by atoms with Crippen molar-refractivity contribution < 1.29 is 9.53 Å². The highest BCUT2D eigenvalue weighted by Crippen LogP contribution is 2.35. The van der Waals surface area contributed by atoms with Crippen LogP contribution in [0.15, 0.2) is 53.4 Å². The molecule has 1 heterocycles. The lowest BCUT2D eigenvalue weighted by molar-refractivity contribution is -0.143. The molecular formula is C22H28N2O2S. The molecule has 144 valence electrons. The summed E-state index contributed by atoms with van der Waals surface area (Å²) in [6.07, 6.45) is 1.37. The van der Waals surface area contributed by atoms with Crippen molar-refractivity contribution in [2.24, 2.45) is 0 Å². The van der Waals surface area contributed by atoms with E-state index in [1.165, 1.54) is 11.3 Å². The quantitative estimate of drug-likeness (QED) is 0.525. The number of nitrogens with one attached hydrogen (secondary N) is 1. The maximum Gasteiger partial charge on any atom is 0.307 e. The molecule has 1 aliphatic heterocycles. The number of rotatable bonds is 8. The molecule has 3 rings (SSSR count). The topological polar surface area (TPSA) is 41.6 Å². The molecule has 2 aromatic rings. The molecule has 0 aliphatic carbocycles. The number of nitrogens with zero attached hydrogens (tertiary/aromatic N) is 1. The molecule has 2 atom stereocenters. The molecule has 0 radical (unpaired) electrons. The molecule has 0 saturated carbocycles. The van der Waals surface area contributed by atoms with Gasteiger partial charge in [0.25, 0.3) is 0 Å². The van der Waals surface area contributed by atoms with Gasteiger partial charge < -0.3 is 9.64 Å². The Hall–Kier alpha value is -1.98. The average molecular weight is 385 g/mol. The second-order valence-corrected chi connectivity index (χ2v) is 7.73. The number of fused-ring (bicyclic) bond motifs is 1. The Balaban J connectivity index is 1.79. The molecule has 0 aromatic heterocycles. The number of esters is 1. The second-order valence-electron chi connectivity index (χ2n) is 6.82. The van der Waals surface area contributed by atoms with Crippen LogP contribution in [0, 0.1) is 0 Å². The van der Waals surface area contributed by atoms with E-state index < -0.39 is 0 Å². The van der Waals surface area contributed by atoms with Gasteiger partial charge in [0, 0.05) is 23.2 Å². The van der Waals surface area contributed by atoms with Gasteiger partial charge in [0.15, 0.2) is 0 Å². The highest BCUT2D eigenvalue weighted by atomic mass is 32.2. The molecule has 0 bridgehead atoms. The molecule has 5 heteroatoms. The summed E-state index contributed by atoms with van der Waals surface area (Å²) >= 11 is 1.55. The largest absolute Gasteiger partial charge is 0.466 e. The SMILES string of the molecule is CCOC(=O)C[C@H](NSc1ccccc1)c1ccc2c(c1)CC(C)N2CC. The van der Waals surface area contributed by atoms with Crippen LogP contribution in [0.3, 0.4) is 0 Å². The Morgan fingerprint density at radius 1 is 1.26 bits per heavy atom. The van der Waals surface area contributed by atoms with Gasteiger partial charge in [-0.3, -0.25) is 9.52 Å². The fraction of sp³-hybridized carbons (Fsp3) is 0.409. The third kappa shape index (κ3) is 4.85. The zero-order valence-corrected chi connectivity index (χ0v) is 17.1. The molecular weight excluding hydrogens is 356 g/mol. The smallest absolute Gasteiger partial charge is 0.307 e. The van der Waals surface area contributed by atoms with Crippen LogP contribution in [-0.4, -0.2) is 25.2 Å². The van der Waals surface area contributed by atoms with Crippen LogP contribution in [0.1, 0.15) is 44.4 Å². The van der Waals surface area contributed by atoms with Gasteiger partial charge in [-0.1, -0.05) is 30.3 Å². The molecule has 1 N–H and O–H groups in total. The lowest BCUT2D eigenvalue weighted by atomic mass is 10.00. The fourth-order valence-electron chi connectivity index (χ4n) is 3.66. The Kier molecular flexibility index (Phi) is 6.80. The minimum atomic E-state index is -0.173. The summed E-state index contributed by atoms with van der Waals surface area (Å²) in [4.78, 5) is 15.7. The van der Waals surface area contributed by atoms with Crippen LogP contribution in [0.5, 0.6) is 0 Å². The van der Waals surface area contributed by atoms with Crippen LogP contribution in [0.2, 0.25) is 0 Å². The Morgan fingerprint density at radius 2 is 2.04 bits per heavy atom. The number of anilines is 1. The van der Waals surface area contributed by atoms with Crippen molar-refractivity contribution in [3.8, 4) is 0 Å². The summed E-state index contributed by atoms with van der Waals surface area (Å²) in [5.74, 6) is -0.173. The number of benzene rings is 2. The number of hydrogen-bond acceptors (Lipinski definition) is 5. The Bertz CT molecular complexity index is 766. The van der Waals surface area contributed by atoms with Crippen molar-refractivity contribution in [1.29, 1.82) is 0 Å². The van der Waals surface area contributed by atoms with Crippen molar-refractivity contribution in [3.05, 3.63) is 59.7 Å². The molecule has 0 fully saturated rings. The van der Waals surface area contributed by atoms with Crippen LogP contribution in [0.4, 0.5) is 5.69 Å². The van der Waals surface area contributed by atoms with Gasteiger partial charge in [0.05, 0.1) is 19.1 Å². The molecule has 0 amide bonds. The van der Waals surface area contributed by atoms with E-state index in [0.29, 0.717) is 19.1 Å².